The van der Waals surface area contributed by atoms with E-state index in [2.05, 4.69) is 10.4 Å². The predicted molar refractivity (Wildman–Crippen MR) is 94.0 cm³/mol. The van der Waals surface area contributed by atoms with Gasteiger partial charge in [0.05, 0.1) is 12.7 Å². The van der Waals surface area contributed by atoms with Crippen molar-refractivity contribution in [1.82, 2.24) is 14.7 Å². The van der Waals surface area contributed by atoms with Crippen molar-refractivity contribution in [3.8, 4) is 0 Å². The summed E-state index contributed by atoms with van der Waals surface area (Å²) in [4.78, 5) is 14.1. The Morgan fingerprint density at radius 1 is 1.35 bits per heavy atom. The monoisotopic (exact) mass is 354 g/mol. The Bertz CT molecular complexity index is 684. The summed E-state index contributed by atoms with van der Waals surface area (Å²) in [6.07, 6.45) is 1.67. The number of rotatable bonds is 6. The lowest BCUT2D eigenvalue weighted by atomic mass is 10.2. The van der Waals surface area contributed by atoms with Crippen LogP contribution in [-0.2, 0) is 11.3 Å². The molecule has 2 rings (SSSR count). The second-order valence-corrected chi connectivity index (χ2v) is 6.55. The van der Waals surface area contributed by atoms with Gasteiger partial charge < -0.3 is 5.32 Å². The molecule has 1 aromatic carbocycles. The molecule has 0 unspecified atom stereocenters. The topological polar surface area (TPSA) is 50.2 Å². The van der Waals surface area contributed by atoms with Crippen molar-refractivity contribution in [2.24, 2.45) is 0 Å². The SMILES string of the molecule is CC(C)n1nccc1NC(=O)CN(C)Cc1ccc(Cl)cc1Cl. The fourth-order valence-electron chi connectivity index (χ4n) is 2.25. The van der Waals surface area contributed by atoms with Crippen molar-refractivity contribution in [3.63, 3.8) is 0 Å². The Morgan fingerprint density at radius 3 is 2.74 bits per heavy atom. The molecular formula is C16H20Cl2N4O. The first-order chi connectivity index (χ1) is 10.9. The van der Waals surface area contributed by atoms with Crippen LogP contribution in [0.25, 0.3) is 0 Å². The van der Waals surface area contributed by atoms with Gasteiger partial charge in [-0.2, -0.15) is 5.10 Å². The maximum atomic E-state index is 12.2. The van der Waals surface area contributed by atoms with Crippen LogP contribution >= 0.6 is 23.2 Å². The summed E-state index contributed by atoms with van der Waals surface area (Å²) in [6.45, 7) is 4.84. The van der Waals surface area contributed by atoms with Gasteiger partial charge in [-0.1, -0.05) is 29.3 Å². The van der Waals surface area contributed by atoms with Crippen LogP contribution in [0, 0.1) is 0 Å². The van der Waals surface area contributed by atoms with E-state index in [-0.39, 0.29) is 18.5 Å². The molecule has 0 saturated heterocycles. The van der Waals surface area contributed by atoms with E-state index in [0.29, 0.717) is 22.4 Å². The second-order valence-electron chi connectivity index (χ2n) is 5.71. The molecule has 0 aliphatic rings. The summed E-state index contributed by atoms with van der Waals surface area (Å²) in [5, 5.41) is 8.27. The highest BCUT2D eigenvalue weighted by Crippen LogP contribution is 2.22. The van der Waals surface area contributed by atoms with Crippen molar-refractivity contribution in [2.45, 2.75) is 26.4 Å². The van der Waals surface area contributed by atoms with E-state index >= 15 is 0 Å². The lowest BCUT2D eigenvalue weighted by Gasteiger charge is -2.18. The van der Waals surface area contributed by atoms with E-state index in [1.165, 1.54) is 0 Å². The number of nitrogens with one attached hydrogen (secondary N) is 1. The van der Waals surface area contributed by atoms with E-state index in [1.54, 1.807) is 29.1 Å². The van der Waals surface area contributed by atoms with E-state index in [1.807, 2.05) is 31.9 Å². The van der Waals surface area contributed by atoms with E-state index in [9.17, 15) is 4.79 Å². The molecule has 124 valence electrons. The number of likely N-dealkylation sites (N-methyl/N-ethyl adjacent to an activating group) is 1. The molecule has 2 aromatic rings. The molecule has 23 heavy (non-hydrogen) atoms. The van der Waals surface area contributed by atoms with Crippen LogP contribution in [0.2, 0.25) is 10.0 Å². The number of carbonyl (C=O) groups is 1. The Balaban J connectivity index is 1.93. The molecule has 0 bridgehead atoms. The van der Waals surface area contributed by atoms with Gasteiger partial charge in [-0.05, 0) is 38.6 Å². The molecular weight excluding hydrogens is 335 g/mol. The van der Waals surface area contributed by atoms with E-state index in [0.717, 1.165) is 5.56 Å². The Morgan fingerprint density at radius 2 is 2.09 bits per heavy atom. The molecule has 0 saturated carbocycles. The third-order valence-corrected chi connectivity index (χ3v) is 3.88. The van der Waals surface area contributed by atoms with Crippen LogP contribution in [0.1, 0.15) is 25.5 Å². The van der Waals surface area contributed by atoms with Crippen molar-refractivity contribution in [2.75, 3.05) is 18.9 Å². The van der Waals surface area contributed by atoms with Crippen molar-refractivity contribution >= 4 is 34.9 Å². The number of halogens is 2. The van der Waals surface area contributed by atoms with Crippen LogP contribution in [0.4, 0.5) is 5.82 Å². The Labute approximate surface area is 146 Å². The average molecular weight is 355 g/mol. The minimum Gasteiger partial charge on any atom is -0.310 e. The van der Waals surface area contributed by atoms with Gasteiger partial charge in [-0.3, -0.25) is 9.69 Å². The normalized spacial score (nSPS) is 11.3. The van der Waals surface area contributed by atoms with E-state index in [4.69, 9.17) is 23.2 Å². The molecule has 7 heteroatoms. The summed E-state index contributed by atoms with van der Waals surface area (Å²) in [5.41, 5.74) is 0.929. The van der Waals surface area contributed by atoms with Crippen molar-refractivity contribution in [1.29, 1.82) is 0 Å². The fraction of sp³-hybridized carbons (Fsp3) is 0.375. The maximum absolute atomic E-state index is 12.2. The largest absolute Gasteiger partial charge is 0.310 e. The number of anilines is 1. The van der Waals surface area contributed by atoms with Crippen LogP contribution in [0.3, 0.4) is 0 Å². The maximum Gasteiger partial charge on any atom is 0.239 e. The minimum atomic E-state index is -0.0972. The third kappa shape index (κ3) is 4.96. The van der Waals surface area contributed by atoms with Crippen molar-refractivity contribution in [3.05, 3.63) is 46.1 Å². The lowest BCUT2D eigenvalue weighted by Crippen LogP contribution is -2.30. The second kappa shape index (κ2) is 7.81. The highest BCUT2D eigenvalue weighted by atomic mass is 35.5. The molecule has 0 aliphatic heterocycles. The van der Waals surface area contributed by atoms with Gasteiger partial charge >= 0.3 is 0 Å². The predicted octanol–water partition coefficient (Wildman–Crippen LogP) is 3.84. The molecule has 1 N–H and O–H groups in total. The van der Waals surface area contributed by atoms with Gasteiger partial charge in [0.1, 0.15) is 5.82 Å². The number of nitrogens with zero attached hydrogens (tertiary/aromatic N) is 3. The van der Waals surface area contributed by atoms with Gasteiger partial charge in [0.15, 0.2) is 0 Å². The number of carbonyl (C=O) groups excluding carboxylic acids is 1. The summed E-state index contributed by atoms with van der Waals surface area (Å²) >= 11 is 12.0. The molecule has 0 fully saturated rings. The highest BCUT2D eigenvalue weighted by Gasteiger charge is 2.12. The van der Waals surface area contributed by atoms with Gasteiger partial charge in [0.2, 0.25) is 5.91 Å². The summed E-state index contributed by atoms with van der Waals surface area (Å²) in [6, 6.07) is 7.33. The smallest absolute Gasteiger partial charge is 0.239 e. The highest BCUT2D eigenvalue weighted by molar-refractivity contribution is 6.35. The first-order valence-corrected chi connectivity index (χ1v) is 8.08. The Hall–Kier alpha value is -1.56. The quantitative estimate of drug-likeness (QED) is 0.857. The van der Waals surface area contributed by atoms with Crippen LogP contribution in [0.5, 0.6) is 0 Å². The molecule has 1 amide bonds. The molecule has 0 atom stereocenters. The van der Waals surface area contributed by atoms with Crippen molar-refractivity contribution < 1.29 is 4.79 Å². The van der Waals surface area contributed by atoms with Gasteiger partial charge in [-0.15, -0.1) is 0 Å². The zero-order valence-corrected chi connectivity index (χ0v) is 14.9. The van der Waals surface area contributed by atoms with E-state index < -0.39 is 0 Å². The number of hydrogen-bond acceptors (Lipinski definition) is 3. The fourth-order valence-corrected chi connectivity index (χ4v) is 2.72. The molecule has 0 spiro atoms. The standard InChI is InChI=1S/C16H20Cl2N4O/c1-11(2)22-15(6-7-19-22)20-16(23)10-21(3)9-12-4-5-13(17)8-14(12)18/h4-8,11H,9-10H2,1-3H3,(H,20,23). The first kappa shape index (κ1) is 17.8. The minimum absolute atomic E-state index is 0.0972. The molecule has 0 aliphatic carbocycles. The van der Waals surface area contributed by atoms with Crippen LogP contribution in [0.15, 0.2) is 30.5 Å². The molecule has 1 aromatic heterocycles. The zero-order chi connectivity index (χ0) is 17.0. The molecule has 0 radical (unpaired) electrons. The summed E-state index contributed by atoms with van der Waals surface area (Å²) in [5.74, 6) is 0.600. The molecule has 5 nitrogen and oxygen atoms in total. The van der Waals surface area contributed by atoms with Gasteiger partial charge in [-0.25, -0.2) is 4.68 Å². The number of amides is 1. The Kier molecular flexibility index (Phi) is 6.04. The van der Waals surface area contributed by atoms with Crippen LogP contribution < -0.4 is 5.32 Å². The number of aromatic nitrogens is 2. The third-order valence-electron chi connectivity index (χ3n) is 3.30. The van der Waals surface area contributed by atoms with Gasteiger partial charge in [0.25, 0.3) is 0 Å². The average Bonchev–Trinajstić information content (AvgIpc) is 2.90. The first-order valence-electron chi connectivity index (χ1n) is 7.32. The van der Waals surface area contributed by atoms with Gasteiger partial charge in [0, 0.05) is 28.7 Å². The molecule has 1 heterocycles. The number of benzene rings is 1. The summed E-state index contributed by atoms with van der Waals surface area (Å²) < 4.78 is 1.77. The zero-order valence-electron chi connectivity index (χ0n) is 13.4. The summed E-state index contributed by atoms with van der Waals surface area (Å²) in [7, 11) is 1.87. The lowest BCUT2D eigenvalue weighted by molar-refractivity contribution is -0.117. The number of hydrogen-bond donors (Lipinski definition) is 1. The van der Waals surface area contributed by atoms with Crippen LogP contribution in [-0.4, -0.2) is 34.2 Å².